The molecule has 0 aliphatic carbocycles. The van der Waals surface area contributed by atoms with Gasteiger partial charge in [-0.05, 0) is 83.9 Å². The van der Waals surface area contributed by atoms with Crippen LogP contribution in [0.25, 0.3) is 66.1 Å². The lowest BCUT2D eigenvalue weighted by Gasteiger charge is -2.09. The molecule has 0 saturated carbocycles. The minimum atomic E-state index is 0.769. The van der Waals surface area contributed by atoms with E-state index < -0.39 is 0 Å². The second-order valence-corrected chi connectivity index (χ2v) is 10.1. The van der Waals surface area contributed by atoms with E-state index in [-0.39, 0.29) is 0 Å². The molecule has 0 bridgehead atoms. The Morgan fingerprint density at radius 1 is 0.359 bits per heavy atom. The first-order valence-corrected chi connectivity index (χ1v) is 13.2. The summed E-state index contributed by atoms with van der Waals surface area (Å²) in [5.74, 6) is 0. The fraction of sp³-hybridized carbons (Fsp3) is 0. The van der Waals surface area contributed by atoms with Gasteiger partial charge in [-0.2, -0.15) is 0 Å². The highest BCUT2D eigenvalue weighted by Gasteiger charge is 2.15. The van der Waals surface area contributed by atoms with Gasteiger partial charge in [0.25, 0.3) is 0 Å². The largest absolute Gasteiger partial charge is 0.399 e. The highest BCUT2D eigenvalue weighted by molar-refractivity contribution is 6.12. The molecule has 2 heterocycles. The smallest absolute Gasteiger partial charge is 0.0541 e. The van der Waals surface area contributed by atoms with Crippen molar-refractivity contribution in [2.24, 2.45) is 0 Å². The zero-order valence-corrected chi connectivity index (χ0v) is 21.3. The quantitative estimate of drug-likeness (QED) is 0.242. The molecular weight excluding hydrogens is 474 g/mol. The Morgan fingerprint density at radius 2 is 0.795 bits per heavy atom. The molecule has 8 rings (SSSR count). The van der Waals surface area contributed by atoms with Crippen LogP contribution in [0.3, 0.4) is 0 Å². The summed E-state index contributed by atoms with van der Waals surface area (Å²) in [6, 6.07) is 49.7. The first kappa shape index (κ1) is 21.8. The molecule has 184 valence electrons. The van der Waals surface area contributed by atoms with Crippen LogP contribution in [0.4, 0.5) is 5.69 Å². The summed E-state index contributed by atoms with van der Waals surface area (Å²) < 4.78 is 4.68. The van der Waals surface area contributed by atoms with Gasteiger partial charge in [0.2, 0.25) is 0 Å². The fourth-order valence-corrected chi connectivity index (χ4v) is 6.06. The summed E-state index contributed by atoms with van der Waals surface area (Å²) in [6.45, 7) is 0. The molecule has 39 heavy (non-hydrogen) atoms. The zero-order chi connectivity index (χ0) is 25.9. The van der Waals surface area contributed by atoms with E-state index in [1.165, 1.54) is 60.4 Å². The summed E-state index contributed by atoms with van der Waals surface area (Å²) in [7, 11) is 0. The third kappa shape index (κ3) is 3.30. The van der Waals surface area contributed by atoms with Gasteiger partial charge in [0.05, 0.1) is 22.1 Å². The number of nitrogens with zero attached hydrogens (tertiary/aromatic N) is 2. The molecule has 0 aliphatic heterocycles. The van der Waals surface area contributed by atoms with Crippen molar-refractivity contribution in [3.8, 4) is 22.5 Å². The Kier molecular flexibility index (Phi) is 4.67. The van der Waals surface area contributed by atoms with Crippen LogP contribution in [0, 0.1) is 0 Å². The van der Waals surface area contributed by atoms with Crippen LogP contribution in [0.5, 0.6) is 0 Å². The third-order valence-electron chi connectivity index (χ3n) is 7.84. The molecule has 0 saturated heterocycles. The molecule has 3 heteroatoms. The van der Waals surface area contributed by atoms with Crippen LogP contribution in [0.15, 0.2) is 140 Å². The van der Waals surface area contributed by atoms with Crippen molar-refractivity contribution in [3.05, 3.63) is 140 Å². The Labute approximate surface area is 226 Å². The van der Waals surface area contributed by atoms with Gasteiger partial charge in [-0.1, -0.05) is 66.7 Å². The number of rotatable bonds is 3. The summed E-state index contributed by atoms with van der Waals surface area (Å²) in [5, 5.41) is 5.01. The number of nitrogens with two attached hydrogens (primary N) is 1. The lowest BCUT2D eigenvalue weighted by molar-refractivity contribution is 1.18. The van der Waals surface area contributed by atoms with E-state index >= 15 is 0 Å². The van der Waals surface area contributed by atoms with Crippen molar-refractivity contribution in [1.29, 1.82) is 0 Å². The molecule has 0 atom stereocenters. The van der Waals surface area contributed by atoms with Gasteiger partial charge in [0.1, 0.15) is 0 Å². The van der Waals surface area contributed by atoms with Crippen molar-refractivity contribution in [1.82, 2.24) is 9.13 Å². The minimum absolute atomic E-state index is 0.769. The van der Waals surface area contributed by atoms with Crippen molar-refractivity contribution in [2.45, 2.75) is 0 Å². The molecule has 3 nitrogen and oxygen atoms in total. The first-order valence-electron chi connectivity index (χ1n) is 13.2. The Hall–Kier alpha value is -5.28. The SMILES string of the molecule is Nc1ccc(-n2c3ccccc3c3cc(-c4ccc5c(c4)c4ccccc4n5-c4ccccc4)ccc32)cc1. The molecule has 0 spiro atoms. The van der Waals surface area contributed by atoms with Crippen molar-refractivity contribution in [2.75, 3.05) is 5.73 Å². The number of hydrogen-bond acceptors (Lipinski definition) is 1. The minimum Gasteiger partial charge on any atom is -0.399 e. The lowest BCUT2D eigenvalue weighted by atomic mass is 10.0. The van der Waals surface area contributed by atoms with Crippen molar-refractivity contribution < 1.29 is 0 Å². The number of para-hydroxylation sites is 3. The van der Waals surface area contributed by atoms with E-state index in [1.807, 2.05) is 12.1 Å². The maximum Gasteiger partial charge on any atom is 0.0541 e. The highest BCUT2D eigenvalue weighted by Crippen LogP contribution is 2.38. The van der Waals surface area contributed by atoms with Gasteiger partial charge in [0, 0.05) is 38.6 Å². The first-order chi connectivity index (χ1) is 19.3. The van der Waals surface area contributed by atoms with Crippen LogP contribution in [-0.4, -0.2) is 9.13 Å². The Balaban J connectivity index is 1.35. The van der Waals surface area contributed by atoms with Gasteiger partial charge in [-0.15, -0.1) is 0 Å². The number of fused-ring (bicyclic) bond motifs is 6. The van der Waals surface area contributed by atoms with Gasteiger partial charge in [-0.3, -0.25) is 0 Å². The number of hydrogen-bond donors (Lipinski definition) is 1. The maximum atomic E-state index is 5.99. The summed E-state index contributed by atoms with van der Waals surface area (Å²) >= 11 is 0. The highest BCUT2D eigenvalue weighted by atomic mass is 15.0. The second kappa shape index (κ2) is 8.37. The standard InChI is InChI=1S/C36H25N3/c37-26-16-18-28(19-17-26)39-34-13-7-5-11-30(34)32-23-25(15-21-36(32)39)24-14-20-35-31(22-24)29-10-4-6-12-33(29)38(35)27-8-2-1-3-9-27/h1-23H,37H2. The monoisotopic (exact) mass is 499 g/mol. The number of nitrogen functional groups attached to an aromatic ring is 1. The topological polar surface area (TPSA) is 35.9 Å². The van der Waals surface area contributed by atoms with Gasteiger partial charge in [0.15, 0.2) is 0 Å². The Morgan fingerprint density at radius 3 is 1.33 bits per heavy atom. The third-order valence-corrected chi connectivity index (χ3v) is 7.84. The summed E-state index contributed by atoms with van der Waals surface area (Å²) in [4.78, 5) is 0. The van der Waals surface area contributed by atoms with E-state index in [9.17, 15) is 0 Å². The average molecular weight is 500 g/mol. The molecular formula is C36H25N3. The number of aromatic nitrogens is 2. The van der Waals surface area contributed by atoms with Crippen LogP contribution >= 0.6 is 0 Å². The molecule has 0 fully saturated rings. The molecule has 0 unspecified atom stereocenters. The van der Waals surface area contributed by atoms with Crippen LogP contribution in [0.1, 0.15) is 0 Å². The fourth-order valence-electron chi connectivity index (χ4n) is 6.06. The Bertz CT molecular complexity index is 2160. The summed E-state index contributed by atoms with van der Waals surface area (Å²) in [6.07, 6.45) is 0. The molecule has 0 radical (unpaired) electrons. The molecule has 0 aliphatic rings. The van der Waals surface area contributed by atoms with Crippen molar-refractivity contribution in [3.63, 3.8) is 0 Å². The van der Waals surface area contributed by atoms with E-state index in [0.29, 0.717) is 0 Å². The number of benzene rings is 6. The van der Waals surface area contributed by atoms with Crippen molar-refractivity contribution >= 4 is 49.3 Å². The van der Waals surface area contributed by atoms with E-state index in [2.05, 4.69) is 137 Å². The molecule has 0 amide bonds. The normalized spacial score (nSPS) is 11.7. The van der Waals surface area contributed by atoms with E-state index in [0.717, 1.165) is 11.4 Å². The van der Waals surface area contributed by atoms with E-state index in [4.69, 9.17) is 5.73 Å². The van der Waals surface area contributed by atoms with Crippen LogP contribution in [-0.2, 0) is 0 Å². The second-order valence-electron chi connectivity index (χ2n) is 10.1. The number of anilines is 1. The van der Waals surface area contributed by atoms with Gasteiger partial charge in [-0.25, -0.2) is 0 Å². The zero-order valence-electron chi connectivity index (χ0n) is 21.3. The van der Waals surface area contributed by atoms with Gasteiger partial charge < -0.3 is 14.9 Å². The predicted octanol–water partition coefficient (Wildman–Crippen LogP) is 9.13. The molecule has 8 aromatic rings. The lowest BCUT2D eigenvalue weighted by Crippen LogP contribution is -1.94. The average Bonchev–Trinajstić information content (AvgIpc) is 3.50. The predicted molar refractivity (Wildman–Crippen MR) is 165 cm³/mol. The van der Waals surface area contributed by atoms with Crippen LogP contribution < -0.4 is 5.73 Å². The van der Waals surface area contributed by atoms with Gasteiger partial charge >= 0.3 is 0 Å². The summed E-state index contributed by atoms with van der Waals surface area (Å²) in [5.41, 5.74) is 16.3. The maximum absolute atomic E-state index is 5.99. The van der Waals surface area contributed by atoms with Crippen LogP contribution in [0.2, 0.25) is 0 Å². The molecule has 6 aromatic carbocycles. The van der Waals surface area contributed by atoms with E-state index in [1.54, 1.807) is 0 Å². The molecule has 2 N–H and O–H groups in total. The molecule has 2 aromatic heterocycles.